The summed E-state index contributed by atoms with van der Waals surface area (Å²) in [6.07, 6.45) is 0.172. The summed E-state index contributed by atoms with van der Waals surface area (Å²) in [6, 6.07) is 12.3. The van der Waals surface area contributed by atoms with Crippen molar-refractivity contribution in [2.24, 2.45) is 0 Å². The molecule has 2 atom stereocenters. The van der Waals surface area contributed by atoms with Gasteiger partial charge in [0.25, 0.3) is 0 Å². The standard InChI is InChI=1S/C19H22FNO3/c1-23-18-8-4-6-14(19(18)24-2)11-21-12-16(22)10-17(21)13-5-3-7-15(20)9-13/h3-9,16-17,22H,10-12H2,1-2H3/t16-,17-/m0/s1. The van der Waals surface area contributed by atoms with Gasteiger partial charge in [-0.25, -0.2) is 4.39 Å². The van der Waals surface area contributed by atoms with E-state index < -0.39 is 6.10 Å². The molecule has 1 aliphatic heterocycles. The van der Waals surface area contributed by atoms with Crippen molar-refractivity contribution in [3.63, 3.8) is 0 Å². The SMILES string of the molecule is COc1cccc(CN2C[C@@H](O)C[C@H]2c2cccc(F)c2)c1OC. The molecule has 1 heterocycles. The molecular weight excluding hydrogens is 309 g/mol. The molecule has 3 rings (SSSR count). The van der Waals surface area contributed by atoms with Crippen molar-refractivity contribution in [2.75, 3.05) is 20.8 Å². The number of benzene rings is 2. The summed E-state index contributed by atoms with van der Waals surface area (Å²) in [5.74, 6) is 1.12. The van der Waals surface area contributed by atoms with Gasteiger partial charge >= 0.3 is 0 Å². The quantitative estimate of drug-likeness (QED) is 0.914. The van der Waals surface area contributed by atoms with E-state index in [9.17, 15) is 9.50 Å². The Bertz CT molecular complexity index is 707. The van der Waals surface area contributed by atoms with E-state index >= 15 is 0 Å². The van der Waals surface area contributed by atoms with Crippen molar-refractivity contribution in [3.05, 3.63) is 59.4 Å². The second kappa shape index (κ2) is 7.20. The fourth-order valence-corrected chi connectivity index (χ4v) is 3.41. The van der Waals surface area contributed by atoms with Gasteiger partial charge in [-0.1, -0.05) is 24.3 Å². The number of likely N-dealkylation sites (tertiary alicyclic amines) is 1. The van der Waals surface area contributed by atoms with Crippen LogP contribution >= 0.6 is 0 Å². The van der Waals surface area contributed by atoms with Crippen molar-refractivity contribution in [3.8, 4) is 11.5 Å². The van der Waals surface area contributed by atoms with Crippen molar-refractivity contribution in [2.45, 2.75) is 25.1 Å². The number of methoxy groups -OCH3 is 2. The molecule has 1 saturated heterocycles. The summed E-state index contributed by atoms with van der Waals surface area (Å²) >= 11 is 0. The van der Waals surface area contributed by atoms with Crippen LogP contribution in [0.4, 0.5) is 4.39 Å². The number of nitrogens with zero attached hydrogens (tertiary/aromatic N) is 1. The van der Waals surface area contributed by atoms with Crippen LogP contribution in [0.3, 0.4) is 0 Å². The van der Waals surface area contributed by atoms with Gasteiger partial charge in [-0.2, -0.15) is 0 Å². The topological polar surface area (TPSA) is 41.9 Å². The molecule has 4 nitrogen and oxygen atoms in total. The summed E-state index contributed by atoms with van der Waals surface area (Å²) in [5.41, 5.74) is 1.86. The molecule has 0 saturated carbocycles. The Hall–Kier alpha value is -2.11. The molecule has 0 bridgehead atoms. The van der Waals surface area contributed by atoms with Crippen molar-refractivity contribution >= 4 is 0 Å². The van der Waals surface area contributed by atoms with Crippen LogP contribution in [0, 0.1) is 5.82 Å². The average Bonchev–Trinajstić information content (AvgIpc) is 2.95. The predicted octanol–water partition coefficient (Wildman–Crippen LogP) is 3.15. The van der Waals surface area contributed by atoms with E-state index in [0.717, 1.165) is 11.1 Å². The Labute approximate surface area is 141 Å². The first kappa shape index (κ1) is 16.7. The minimum absolute atomic E-state index is 0.0217. The molecule has 0 aliphatic carbocycles. The van der Waals surface area contributed by atoms with E-state index in [1.54, 1.807) is 26.4 Å². The molecule has 2 aromatic carbocycles. The van der Waals surface area contributed by atoms with Gasteiger partial charge in [-0.15, -0.1) is 0 Å². The molecule has 5 heteroatoms. The lowest BCUT2D eigenvalue weighted by atomic mass is 10.0. The lowest BCUT2D eigenvalue weighted by Crippen LogP contribution is -2.24. The molecule has 2 aromatic rings. The minimum atomic E-state index is -0.421. The minimum Gasteiger partial charge on any atom is -0.493 e. The van der Waals surface area contributed by atoms with E-state index in [1.807, 2.05) is 24.3 Å². The highest BCUT2D eigenvalue weighted by atomic mass is 19.1. The predicted molar refractivity (Wildman–Crippen MR) is 89.7 cm³/mol. The second-order valence-electron chi connectivity index (χ2n) is 6.04. The first-order valence-corrected chi connectivity index (χ1v) is 7.99. The summed E-state index contributed by atoms with van der Waals surface area (Å²) in [4.78, 5) is 2.15. The number of ether oxygens (including phenoxy) is 2. The Balaban J connectivity index is 1.88. The van der Waals surface area contributed by atoms with Gasteiger partial charge < -0.3 is 14.6 Å². The molecule has 0 amide bonds. The first-order valence-electron chi connectivity index (χ1n) is 7.99. The first-order chi connectivity index (χ1) is 11.6. The van der Waals surface area contributed by atoms with Crippen molar-refractivity contribution in [1.29, 1.82) is 0 Å². The maximum Gasteiger partial charge on any atom is 0.165 e. The number of hydrogen-bond donors (Lipinski definition) is 1. The highest BCUT2D eigenvalue weighted by Crippen LogP contribution is 2.37. The van der Waals surface area contributed by atoms with Crippen molar-refractivity contribution in [1.82, 2.24) is 4.90 Å². The second-order valence-corrected chi connectivity index (χ2v) is 6.04. The highest BCUT2D eigenvalue weighted by Gasteiger charge is 2.32. The van der Waals surface area contributed by atoms with Gasteiger partial charge in [-0.05, 0) is 30.2 Å². The number of aliphatic hydroxyl groups is 1. The van der Waals surface area contributed by atoms with Gasteiger partial charge in [0.05, 0.1) is 20.3 Å². The van der Waals surface area contributed by atoms with E-state index in [2.05, 4.69) is 4.90 Å². The zero-order valence-corrected chi connectivity index (χ0v) is 13.9. The van der Waals surface area contributed by atoms with Gasteiger partial charge in [0.1, 0.15) is 5.82 Å². The summed E-state index contributed by atoms with van der Waals surface area (Å²) in [7, 11) is 3.22. The van der Waals surface area contributed by atoms with Crippen LogP contribution in [0.2, 0.25) is 0 Å². The van der Waals surface area contributed by atoms with Crippen molar-refractivity contribution < 1.29 is 19.0 Å². The molecule has 0 spiro atoms. The number of hydrogen-bond acceptors (Lipinski definition) is 4. The van der Waals surface area contributed by atoms with Crippen LogP contribution in [0.1, 0.15) is 23.6 Å². The number of halogens is 1. The number of aliphatic hydroxyl groups excluding tert-OH is 1. The fourth-order valence-electron chi connectivity index (χ4n) is 3.41. The molecular formula is C19H22FNO3. The largest absolute Gasteiger partial charge is 0.493 e. The molecule has 1 fully saturated rings. The van der Waals surface area contributed by atoms with E-state index in [4.69, 9.17) is 9.47 Å². The average molecular weight is 331 g/mol. The Morgan fingerprint density at radius 1 is 1.17 bits per heavy atom. The molecule has 24 heavy (non-hydrogen) atoms. The van der Waals surface area contributed by atoms with Crippen LogP contribution in [0.15, 0.2) is 42.5 Å². The number of rotatable bonds is 5. The Morgan fingerprint density at radius 2 is 1.96 bits per heavy atom. The Morgan fingerprint density at radius 3 is 2.67 bits per heavy atom. The fraction of sp³-hybridized carbons (Fsp3) is 0.368. The molecule has 0 radical (unpaired) electrons. The zero-order valence-electron chi connectivity index (χ0n) is 13.9. The number of para-hydroxylation sites is 1. The molecule has 0 aromatic heterocycles. The van der Waals surface area contributed by atoms with Gasteiger partial charge in [0.15, 0.2) is 11.5 Å². The Kier molecular flexibility index (Phi) is 5.02. The smallest absolute Gasteiger partial charge is 0.165 e. The maximum atomic E-state index is 13.6. The summed E-state index contributed by atoms with van der Waals surface area (Å²) < 4.78 is 24.4. The van der Waals surface area contributed by atoms with E-state index in [1.165, 1.54) is 6.07 Å². The third-order valence-corrected chi connectivity index (χ3v) is 4.47. The van der Waals surface area contributed by atoms with Crippen LogP contribution < -0.4 is 9.47 Å². The molecule has 0 unspecified atom stereocenters. The van der Waals surface area contributed by atoms with Gasteiger partial charge in [0, 0.05) is 24.7 Å². The van der Waals surface area contributed by atoms with Crippen LogP contribution in [-0.4, -0.2) is 36.9 Å². The van der Waals surface area contributed by atoms with Gasteiger partial charge in [-0.3, -0.25) is 4.90 Å². The van der Waals surface area contributed by atoms with Crippen LogP contribution in [-0.2, 0) is 6.54 Å². The third-order valence-electron chi connectivity index (χ3n) is 4.47. The van der Waals surface area contributed by atoms with Gasteiger partial charge in [0.2, 0.25) is 0 Å². The summed E-state index contributed by atoms with van der Waals surface area (Å²) in [6.45, 7) is 1.14. The van der Waals surface area contributed by atoms with E-state index in [0.29, 0.717) is 31.0 Å². The highest BCUT2D eigenvalue weighted by molar-refractivity contribution is 5.46. The van der Waals surface area contributed by atoms with Crippen LogP contribution in [0.5, 0.6) is 11.5 Å². The zero-order chi connectivity index (χ0) is 17.1. The molecule has 1 aliphatic rings. The lowest BCUT2D eigenvalue weighted by Gasteiger charge is -2.25. The third kappa shape index (κ3) is 3.37. The molecule has 128 valence electrons. The molecule has 1 N–H and O–H groups in total. The van der Waals surface area contributed by atoms with E-state index in [-0.39, 0.29) is 11.9 Å². The number of β-amino-alcohol motifs (C(OH)–C–C–N with tert-alkyl or cyclic N) is 1. The maximum absolute atomic E-state index is 13.6. The van der Waals surface area contributed by atoms with Crippen LogP contribution in [0.25, 0.3) is 0 Å². The normalized spacial score (nSPS) is 21.0. The lowest BCUT2D eigenvalue weighted by molar-refractivity contribution is 0.172. The summed E-state index contributed by atoms with van der Waals surface area (Å²) in [5, 5.41) is 10.1. The monoisotopic (exact) mass is 331 g/mol.